The van der Waals surface area contributed by atoms with Gasteiger partial charge in [-0.3, -0.25) is 0 Å². The maximum atomic E-state index is 12.2. The summed E-state index contributed by atoms with van der Waals surface area (Å²) in [7, 11) is 4.58. The summed E-state index contributed by atoms with van der Waals surface area (Å²) >= 11 is 3.37. The molecule has 6 nitrogen and oxygen atoms in total. The van der Waals surface area contributed by atoms with Crippen molar-refractivity contribution >= 4 is 33.9 Å². The van der Waals surface area contributed by atoms with Gasteiger partial charge in [0.25, 0.3) is 0 Å². The van der Waals surface area contributed by atoms with Crippen molar-refractivity contribution in [2.24, 2.45) is 4.99 Å². The zero-order valence-corrected chi connectivity index (χ0v) is 16.0. The van der Waals surface area contributed by atoms with E-state index >= 15 is 0 Å². The number of carbonyl (C=O) groups excluding carboxylic acids is 1. The van der Waals surface area contributed by atoms with E-state index in [4.69, 9.17) is 18.9 Å². The fourth-order valence-electron chi connectivity index (χ4n) is 2.51. The van der Waals surface area contributed by atoms with Crippen molar-refractivity contribution in [2.75, 3.05) is 21.3 Å². The highest BCUT2D eigenvalue weighted by molar-refractivity contribution is 9.10. The summed E-state index contributed by atoms with van der Waals surface area (Å²) < 4.78 is 22.2. The first-order valence-corrected chi connectivity index (χ1v) is 8.44. The number of esters is 1. The molecule has 0 radical (unpaired) electrons. The molecule has 0 atom stereocenters. The molecule has 2 aromatic carbocycles. The molecule has 0 aromatic heterocycles. The molecule has 1 aliphatic heterocycles. The summed E-state index contributed by atoms with van der Waals surface area (Å²) in [6.45, 7) is 0. The molecule has 0 saturated carbocycles. The van der Waals surface area contributed by atoms with Crippen LogP contribution in [0.3, 0.4) is 0 Å². The van der Waals surface area contributed by atoms with E-state index in [0.29, 0.717) is 28.4 Å². The number of benzene rings is 2. The van der Waals surface area contributed by atoms with E-state index in [2.05, 4.69) is 20.9 Å². The molecule has 0 aliphatic carbocycles. The zero-order valence-electron chi connectivity index (χ0n) is 14.4. The molecule has 1 aliphatic rings. The minimum atomic E-state index is -0.528. The molecule has 0 N–H and O–H groups in total. The topological polar surface area (TPSA) is 66.4 Å². The van der Waals surface area contributed by atoms with Crippen molar-refractivity contribution in [1.29, 1.82) is 0 Å². The van der Waals surface area contributed by atoms with Crippen LogP contribution < -0.4 is 14.2 Å². The number of cyclic esters (lactones) is 1. The molecule has 0 spiro atoms. The van der Waals surface area contributed by atoms with Crippen LogP contribution in [0, 0.1) is 0 Å². The van der Waals surface area contributed by atoms with E-state index in [1.54, 1.807) is 25.3 Å². The third-order valence-corrected chi connectivity index (χ3v) is 4.27. The molecule has 0 fully saturated rings. The van der Waals surface area contributed by atoms with Crippen LogP contribution in [0.4, 0.5) is 0 Å². The molecular formula is C19H16BrNO5. The minimum Gasteiger partial charge on any atom is -0.493 e. The number of halogens is 1. The molecule has 0 bridgehead atoms. The van der Waals surface area contributed by atoms with E-state index in [1.807, 2.05) is 24.3 Å². The SMILES string of the molecule is COc1ccc(C=C2N=C(c3ccc(Br)cc3)OC2=O)c(OC)c1OC. The van der Waals surface area contributed by atoms with Crippen LogP contribution in [0.2, 0.25) is 0 Å². The number of ether oxygens (including phenoxy) is 4. The summed E-state index contributed by atoms with van der Waals surface area (Å²) in [4.78, 5) is 16.5. The summed E-state index contributed by atoms with van der Waals surface area (Å²) in [6, 6.07) is 10.8. The summed E-state index contributed by atoms with van der Waals surface area (Å²) in [5.41, 5.74) is 1.51. The number of rotatable bonds is 5. The van der Waals surface area contributed by atoms with Crippen LogP contribution in [-0.4, -0.2) is 33.2 Å². The maximum Gasteiger partial charge on any atom is 0.363 e. The van der Waals surface area contributed by atoms with E-state index in [0.717, 1.165) is 4.47 Å². The molecule has 0 unspecified atom stereocenters. The smallest absolute Gasteiger partial charge is 0.363 e. The van der Waals surface area contributed by atoms with Gasteiger partial charge in [0.05, 0.1) is 21.3 Å². The Morgan fingerprint density at radius 3 is 2.27 bits per heavy atom. The van der Waals surface area contributed by atoms with E-state index in [9.17, 15) is 4.79 Å². The Morgan fingerprint density at radius 2 is 1.65 bits per heavy atom. The Labute approximate surface area is 159 Å². The van der Waals surface area contributed by atoms with Gasteiger partial charge in [0, 0.05) is 15.6 Å². The predicted octanol–water partition coefficient (Wildman–Crippen LogP) is 3.82. The fourth-order valence-corrected chi connectivity index (χ4v) is 2.77. The molecule has 0 saturated heterocycles. The number of nitrogens with zero attached hydrogens (tertiary/aromatic N) is 1. The first-order valence-electron chi connectivity index (χ1n) is 7.65. The fraction of sp³-hybridized carbons (Fsp3) is 0.158. The highest BCUT2D eigenvalue weighted by atomic mass is 79.9. The van der Waals surface area contributed by atoms with Gasteiger partial charge in [-0.15, -0.1) is 0 Å². The Balaban J connectivity index is 2.02. The third-order valence-electron chi connectivity index (χ3n) is 3.74. The average Bonchev–Trinajstić information content (AvgIpc) is 3.02. The van der Waals surface area contributed by atoms with Gasteiger partial charge in [0.2, 0.25) is 11.6 Å². The molecule has 2 aromatic rings. The van der Waals surface area contributed by atoms with Crippen molar-refractivity contribution < 1.29 is 23.7 Å². The second-order valence-corrected chi connectivity index (χ2v) is 6.18. The number of hydrogen-bond donors (Lipinski definition) is 0. The Morgan fingerprint density at radius 1 is 0.962 bits per heavy atom. The first-order chi connectivity index (χ1) is 12.6. The first kappa shape index (κ1) is 18.0. The molecular weight excluding hydrogens is 402 g/mol. The second-order valence-electron chi connectivity index (χ2n) is 5.27. The van der Waals surface area contributed by atoms with Crippen LogP contribution >= 0.6 is 15.9 Å². The molecule has 7 heteroatoms. The predicted molar refractivity (Wildman–Crippen MR) is 101 cm³/mol. The van der Waals surface area contributed by atoms with Crippen LogP contribution in [-0.2, 0) is 9.53 Å². The number of aliphatic imine (C=N–C) groups is 1. The van der Waals surface area contributed by atoms with Crippen molar-refractivity contribution in [3.63, 3.8) is 0 Å². The van der Waals surface area contributed by atoms with Crippen LogP contribution in [0.5, 0.6) is 17.2 Å². The van der Waals surface area contributed by atoms with Gasteiger partial charge >= 0.3 is 5.97 Å². The Bertz CT molecular complexity index is 903. The van der Waals surface area contributed by atoms with Gasteiger partial charge in [-0.25, -0.2) is 9.79 Å². The van der Waals surface area contributed by atoms with Crippen molar-refractivity contribution in [3.8, 4) is 17.2 Å². The van der Waals surface area contributed by atoms with Gasteiger partial charge in [-0.1, -0.05) is 15.9 Å². The Hall–Kier alpha value is -2.80. The summed E-state index contributed by atoms with van der Waals surface area (Å²) in [5, 5.41) is 0. The normalized spacial score (nSPS) is 14.8. The third kappa shape index (κ3) is 3.43. The van der Waals surface area contributed by atoms with Gasteiger partial charge < -0.3 is 18.9 Å². The lowest BCUT2D eigenvalue weighted by Crippen LogP contribution is -2.05. The molecule has 1 heterocycles. The van der Waals surface area contributed by atoms with Crippen molar-refractivity contribution in [2.45, 2.75) is 0 Å². The van der Waals surface area contributed by atoms with Crippen LogP contribution in [0.25, 0.3) is 6.08 Å². The number of hydrogen-bond acceptors (Lipinski definition) is 6. The van der Waals surface area contributed by atoms with Crippen molar-refractivity contribution in [1.82, 2.24) is 0 Å². The monoisotopic (exact) mass is 417 g/mol. The molecule has 134 valence electrons. The number of methoxy groups -OCH3 is 3. The molecule has 0 amide bonds. The van der Waals surface area contributed by atoms with E-state index in [-0.39, 0.29) is 11.6 Å². The van der Waals surface area contributed by atoms with Gasteiger partial charge in [0.1, 0.15) is 0 Å². The van der Waals surface area contributed by atoms with Gasteiger partial charge in [0.15, 0.2) is 17.2 Å². The highest BCUT2D eigenvalue weighted by Crippen LogP contribution is 2.40. The maximum absolute atomic E-state index is 12.2. The molecule has 3 rings (SSSR count). The van der Waals surface area contributed by atoms with E-state index < -0.39 is 5.97 Å². The molecule has 26 heavy (non-hydrogen) atoms. The lowest BCUT2D eigenvalue weighted by atomic mass is 10.1. The summed E-state index contributed by atoms with van der Waals surface area (Å²) in [6.07, 6.45) is 1.59. The lowest BCUT2D eigenvalue weighted by molar-refractivity contribution is -0.129. The minimum absolute atomic E-state index is 0.174. The highest BCUT2D eigenvalue weighted by Gasteiger charge is 2.25. The van der Waals surface area contributed by atoms with Crippen molar-refractivity contribution in [3.05, 3.63) is 57.7 Å². The second kappa shape index (κ2) is 7.61. The average molecular weight is 418 g/mol. The summed E-state index contributed by atoms with van der Waals surface area (Å²) in [5.74, 6) is 1.14. The van der Waals surface area contributed by atoms with Gasteiger partial charge in [-0.05, 0) is 42.5 Å². The zero-order chi connectivity index (χ0) is 18.7. The quantitative estimate of drug-likeness (QED) is 0.546. The largest absolute Gasteiger partial charge is 0.493 e. The Kier molecular flexibility index (Phi) is 5.27. The van der Waals surface area contributed by atoms with Crippen LogP contribution in [0.15, 0.2) is 51.6 Å². The lowest BCUT2D eigenvalue weighted by Gasteiger charge is -2.14. The standard InChI is InChI=1S/C19H16BrNO5/c1-23-15-9-6-12(16(24-2)17(15)25-3)10-14-19(22)26-18(21-14)11-4-7-13(20)8-5-11/h4-10H,1-3H3. The van der Waals surface area contributed by atoms with Crippen LogP contribution in [0.1, 0.15) is 11.1 Å². The van der Waals surface area contributed by atoms with Gasteiger partial charge in [-0.2, -0.15) is 0 Å². The van der Waals surface area contributed by atoms with E-state index in [1.165, 1.54) is 14.2 Å². The number of carbonyl (C=O) groups is 1.